The van der Waals surface area contributed by atoms with E-state index in [0.29, 0.717) is 12.2 Å². The number of rotatable bonds is 2. The van der Waals surface area contributed by atoms with Gasteiger partial charge in [0.2, 0.25) is 5.88 Å². The molecule has 0 spiro atoms. The average molecular weight is 190 g/mol. The predicted octanol–water partition coefficient (Wildman–Crippen LogP) is 1.41. The quantitative estimate of drug-likeness (QED) is 0.670. The Balaban J connectivity index is 2.15. The molecule has 0 aliphatic heterocycles. The lowest BCUT2D eigenvalue weighted by Crippen LogP contribution is -1.89. The molecule has 4 heteroatoms. The van der Waals surface area contributed by atoms with Crippen LogP contribution in [0.1, 0.15) is 11.4 Å². The predicted molar refractivity (Wildman–Crippen MR) is 51.2 cm³/mol. The van der Waals surface area contributed by atoms with Crippen LogP contribution in [-0.4, -0.2) is 20.2 Å². The summed E-state index contributed by atoms with van der Waals surface area (Å²) in [6.07, 6.45) is 1.98. The van der Waals surface area contributed by atoms with Crippen molar-refractivity contribution in [2.75, 3.05) is 0 Å². The number of aromatic hydroxyl groups is 2. The number of nitrogens with zero attached hydrogens (tertiary/aromatic N) is 1. The van der Waals surface area contributed by atoms with Gasteiger partial charge in [0.25, 0.3) is 0 Å². The SMILES string of the molecule is Oc1ccc(Cc2ncc(O)[nH]2)cc1. The van der Waals surface area contributed by atoms with Gasteiger partial charge < -0.3 is 15.2 Å². The van der Waals surface area contributed by atoms with Crippen molar-refractivity contribution >= 4 is 0 Å². The van der Waals surface area contributed by atoms with Gasteiger partial charge in [0.05, 0.1) is 6.20 Å². The number of phenolic OH excluding ortho intramolecular Hbond substituents is 1. The maximum Gasteiger partial charge on any atom is 0.208 e. The number of imidazole rings is 1. The Hall–Kier alpha value is -1.97. The summed E-state index contributed by atoms with van der Waals surface area (Å²) in [6.45, 7) is 0. The second-order valence-corrected chi connectivity index (χ2v) is 3.06. The van der Waals surface area contributed by atoms with Crippen LogP contribution in [-0.2, 0) is 6.42 Å². The normalized spacial score (nSPS) is 10.3. The molecule has 1 aromatic carbocycles. The second-order valence-electron chi connectivity index (χ2n) is 3.06. The number of aromatic amines is 1. The third-order valence-corrected chi connectivity index (χ3v) is 1.92. The smallest absolute Gasteiger partial charge is 0.208 e. The molecule has 0 saturated heterocycles. The van der Waals surface area contributed by atoms with Crippen molar-refractivity contribution < 1.29 is 10.2 Å². The standard InChI is InChI=1S/C10H10N2O2/c13-8-3-1-7(2-4-8)5-9-11-6-10(14)12-9/h1-4,6,13-14H,5H2,(H,11,12). The minimum atomic E-state index is 0.0683. The molecule has 0 atom stereocenters. The summed E-state index contributed by atoms with van der Waals surface area (Å²) in [4.78, 5) is 6.69. The van der Waals surface area contributed by atoms with Crippen molar-refractivity contribution in [1.82, 2.24) is 9.97 Å². The first kappa shape index (κ1) is 8.62. The molecule has 1 heterocycles. The number of H-pyrrole nitrogens is 1. The second kappa shape index (κ2) is 3.41. The van der Waals surface area contributed by atoms with Crippen LogP contribution < -0.4 is 0 Å². The summed E-state index contributed by atoms with van der Waals surface area (Å²) >= 11 is 0. The zero-order valence-corrected chi connectivity index (χ0v) is 7.44. The van der Waals surface area contributed by atoms with Crippen LogP contribution in [0, 0.1) is 0 Å². The van der Waals surface area contributed by atoms with Crippen LogP contribution in [0.5, 0.6) is 11.6 Å². The summed E-state index contributed by atoms with van der Waals surface area (Å²) in [6, 6.07) is 6.88. The Bertz CT molecular complexity index is 420. The lowest BCUT2D eigenvalue weighted by Gasteiger charge is -1.97. The third kappa shape index (κ3) is 1.85. The van der Waals surface area contributed by atoms with Crippen LogP contribution >= 0.6 is 0 Å². The molecular formula is C10H10N2O2. The summed E-state index contributed by atoms with van der Waals surface area (Å²) < 4.78 is 0. The fraction of sp³-hybridized carbons (Fsp3) is 0.100. The van der Waals surface area contributed by atoms with Crippen LogP contribution in [0.3, 0.4) is 0 Å². The molecule has 14 heavy (non-hydrogen) atoms. The molecule has 1 aromatic heterocycles. The highest BCUT2D eigenvalue weighted by Gasteiger charge is 2.00. The van der Waals surface area contributed by atoms with E-state index in [1.54, 1.807) is 12.1 Å². The van der Waals surface area contributed by atoms with E-state index in [9.17, 15) is 0 Å². The van der Waals surface area contributed by atoms with Crippen molar-refractivity contribution in [3.05, 3.63) is 41.9 Å². The molecule has 4 nitrogen and oxygen atoms in total. The lowest BCUT2D eigenvalue weighted by molar-refractivity contribution is 0.455. The van der Waals surface area contributed by atoms with Crippen LogP contribution in [0.4, 0.5) is 0 Å². The molecule has 0 radical (unpaired) electrons. The van der Waals surface area contributed by atoms with Crippen molar-refractivity contribution in [3.8, 4) is 11.6 Å². The minimum Gasteiger partial charge on any atom is -0.508 e. The van der Waals surface area contributed by atoms with E-state index in [1.165, 1.54) is 6.20 Å². The van der Waals surface area contributed by atoms with Crippen LogP contribution in [0.15, 0.2) is 30.5 Å². The zero-order chi connectivity index (χ0) is 9.97. The molecule has 3 N–H and O–H groups in total. The Morgan fingerprint density at radius 1 is 1.14 bits per heavy atom. The third-order valence-electron chi connectivity index (χ3n) is 1.92. The number of hydrogen-bond donors (Lipinski definition) is 3. The van der Waals surface area contributed by atoms with Gasteiger partial charge in [-0.05, 0) is 17.7 Å². The molecule has 2 aromatic rings. The van der Waals surface area contributed by atoms with E-state index in [-0.39, 0.29) is 11.6 Å². The van der Waals surface area contributed by atoms with Gasteiger partial charge in [0, 0.05) is 6.42 Å². The maximum atomic E-state index is 9.06. The van der Waals surface area contributed by atoms with Crippen molar-refractivity contribution in [2.45, 2.75) is 6.42 Å². The van der Waals surface area contributed by atoms with Gasteiger partial charge in [-0.2, -0.15) is 0 Å². The molecule has 0 unspecified atom stereocenters. The van der Waals surface area contributed by atoms with Crippen LogP contribution in [0.2, 0.25) is 0 Å². The van der Waals surface area contributed by atoms with E-state index in [0.717, 1.165) is 5.56 Å². The zero-order valence-electron chi connectivity index (χ0n) is 7.44. The highest BCUT2D eigenvalue weighted by molar-refractivity contribution is 5.28. The van der Waals surface area contributed by atoms with Gasteiger partial charge in [0.1, 0.15) is 11.6 Å². The van der Waals surface area contributed by atoms with E-state index >= 15 is 0 Å². The highest BCUT2D eigenvalue weighted by Crippen LogP contribution is 2.13. The van der Waals surface area contributed by atoms with Crippen molar-refractivity contribution in [3.63, 3.8) is 0 Å². The molecule has 72 valence electrons. The molecule has 0 aliphatic rings. The Labute approximate surface area is 80.9 Å². The van der Waals surface area contributed by atoms with Crippen molar-refractivity contribution in [1.29, 1.82) is 0 Å². The number of nitrogens with one attached hydrogen (secondary N) is 1. The summed E-state index contributed by atoms with van der Waals surface area (Å²) in [5, 5.41) is 18.1. The molecule has 0 aliphatic carbocycles. The highest BCUT2D eigenvalue weighted by atomic mass is 16.3. The molecule has 0 amide bonds. The van der Waals surface area contributed by atoms with E-state index < -0.39 is 0 Å². The van der Waals surface area contributed by atoms with E-state index in [4.69, 9.17) is 10.2 Å². The fourth-order valence-electron chi connectivity index (χ4n) is 1.25. The lowest BCUT2D eigenvalue weighted by atomic mass is 10.1. The Morgan fingerprint density at radius 2 is 1.86 bits per heavy atom. The monoisotopic (exact) mass is 190 g/mol. The Kier molecular flexibility index (Phi) is 2.10. The van der Waals surface area contributed by atoms with Gasteiger partial charge >= 0.3 is 0 Å². The molecule has 0 saturated carbocycles. The number of phenols is 1. The van der Waals surface area contributed by atoms with Gasteiger partial charge in [-0.15, -0.1) is 0 Å². The van der Waals surface area contributed by atoms with Gasteiger partial charge in [-0.25, -0.2) is 4.98 Å². The van der Waals surface area contributed by atoms with Crippen LogP contribution in [0.25, 0.3) is 0 Å². The minimum absolute atomic E-state index is 0.0683. The van der Waals surface area contributed by atoms with Gasteiger partial charge in [-0.1, -0.05) is 12.1 Å². The fourth-order valence-corrected chi connectivity index (χ4v) is 1.25. The Morgan fingerprint density at radius 3 is 2.43 bits per heavy atom. The summed E-state index contributed by atoms with van der Waals surface area (Å²) in [7, 11) is 0. The number of aromatic nitrogens is 2. The summed E-state index contributed by atoms with van der Waals surface area (Å²) in [5.41, 5.74) is 1.03. The van der Waals surface area contributed by atoms with Crippen molar-refractivity contribution in [2.24, 2.45) is 0 Å². The largest absolute Gasteiger partial charge is 0.508 e. The number of benzene rings is 1. The first-order valence-electron chi connectivity index (χ1n) is 4.25. The molecule has 0 fully saturated rings. The topological polar surface area (TPSA) is 69.1 Å². The molecule has 0 bridgehead atoms. The maximum absolute atomic E-state index is 9.06. The van der Waals surface area contributed by atoms with Gasteiger partial charge in [0.15, 0.2) is 0 Å². The summed E-state index contributed by atoms with van der Waals surface area (Å²) in [5.74, 6) is 1.02. The first-order valence-corrected chi connectivity index (χ1v) is 4.25. The van der Waals surface area contributed by atoms with Gasteiger partial charge in [-0.3, -0.25) is 0 Å². The van der Waals surface area contributed by atoms with E-state index in [1.807, 2.05) is 12.1 Å². The first-order chi connectivity index (χ1) is 6.74. The number of hydrogen-bond acceptors (Lipinski definition) is 3. The average Bonchev–Trinajstić information content (AvgIpc) is 2.56. The van der Waals surface area contributed by atoms with E-state index in [2.05, 4.69) is 9.97 Å². The molecular weight excluding hydrogens is 180 g/mol. The molecule has 2 rings (SSSR count).